The summed E-state index contributed by atoms with van der Waals surface area (Å²) in [5, 5.41) is 20.0. The minimum Gasteiger partial charge on any atom is -0.504 e. The number of amides is 1. The molecule has 0 spiro atoms. The monoisotopic (exact) mass is 530 g/mol. The largest absolute Gasteiger partial charge is 0.504 e. The van der Waals surface area contributed by atoms with Crippen molar-refractivity contribution in [3.05, 3.63) is 59.4 Å². The predicted molar refractivity (Wildman–Crippen MR) is 151 cm³/mol. The maximum Gasteiger partial charge on any atom is 0.410 e. The first kappa shape index (κ1) is 26.5. The van der Waals surface area contributed by atoms with Crippen LogP contribution in [0, 0.1) is 0 Å². The van der Waals surface area contributed by atoms with Gasteiger partial charge in [-0.15, -0.1) is 10.2 Å². The van der Waals surface area contributed by atoms with Gasteiger partial charge in [0, 0.05) is 44.4 Å². The minimum atomic E-state index is -0.488. The minimum absolute atomic E-state index is 0.0530. The van der Waals surface area contributed by atoms with E-state index in [-0.39, 0.29) is 11.8 Å². The molecule has 1 aromatic heterocycles. The Labute approximate surface area is 228 Å². The summed E-state index contributed by atoms with van der Waals surface area (Å²) >= 11 is 0. The molecule has 0 radical (unpaired) electrons. The molecule has 1 saturated heterocycles. The average Bonchev–Trinajstić information content (AvgIpc) is 3.47. The van der Waals surface area contributed by atoms with Gasteiger partial charge in [-0.05, 0) is 45.4 Å². The molecule has 9 heteroatoms. The zero-order valence-electron chi connectivity index (χ0n) is 22.8. The number of hydrogen-bond donors (Lipinski definition) is 1. The van der Waals surface area contributed by atoms with Crippen LogP contribution in [0.2, 0.25) is 0 Å². The normalized spacial score (nSPS) is 16.9. The topological polar surface area (TPSA) is 100 Å². The summed E-state index contributed by atoms with van der Waals surface area (Å²) in [5.41, 5.74) is 3.13. The Kier molecular flexibility index (Phi) is 7.43. The van der Waals surface area contributed by atoms with Crippen molar-refractivity contribution < 1.29 is 23.8 Å². The van der Waals surface area contributed by atoms with E-state index >= 15 is 0 Å². The van der Waals surface area contributed by atoms with Gasteiger partial charge < -0.3 is 23.9 Å². The lowest BCUT2D eigenvalue weighted by molar-refractivity contribution is 0.0146. The SMILES string of the molecule is COc1ccc2c(O)c(C=C3N=Nc4ccccc43)oc2c1C=CCCN1CCN(C(=O)OC(C)(C)C)CC1. The number of ether oxygens (including phenoxy) is 2. The molecule has 39 heavy (non-hydrogen) atoms. The second kappa shape index (κ2) is 10.9. The fraction of sp³-hybridized carbons (Fsp3) is 0.367. The van der Waals surface area contributed by atoms with Gasteiger partial charge in [-0.2, -0.15) is 0 Å². The van der Waals surface area contributed by atoms with Gasteiger partial charge in [0.05, 0.1) is 29.4 Å². The molecule has 2 aliphatic rings. The number of azo groups is 1. The Morgan fingerprint density at radius 1 is 1.10 bits per heavy atom. The summed E-state index contributed by atoms with van der Waals surface area (Å²) in [6.45, 7) is 9.41. The fourth-order valence-corrected chi connectivity index (χ4v) is 4.71. The van der Waals surface area contributed by atoms with Crippen molar-refractivity contribution in [2.24, 2.45) is 10.2 Å². The molecule has 0 saturated carbocycles. The van der Waals surface area contributed by atoms with Gasteiger partial charge in [0.1, 0.15) is 16.9 Å². The Hall–Kier alpha value is -4.11. The summed E-state index contributed by atoms with van der Waals surface area (Å²) in [6.07, 6.45) is 6.33. The van der Waals surface area contributed by atoms with Crippen LogP contribution in [0.5, 0.6) is 11.5 Å². The molecule has 2 aromatic carbocycles. The van der Waals surface area contributed by atoms with Gasteiger partial charge >= 0.3 is 6.09 Å². The molecular weight excluding hydrogens is 496 g/mol. The maximum atomic E-state index is 12.3. The number of piperazine rings is 1. The summed E-state index contributed by atoms with van der Waals surface area (Å²) in [7, 11) is 1.62. The Morgan fingerprint density at radius 2 is 1.87 bits per heavy atom. The van der Waals surface area contributed by atoms with Crippen LogP contribution in [0.1, 0.15) is 44.1 Å². The van der Waals surface area contributed by atoms with Gasteiger partial charge in [0.15, 0.2) is 11.5 Å². The molecule has 0 bridgehead atoms. The molecule has 3 heterocycles. The summed E-state index contributed by atoms with van der Waals surface area (Å²) in [6, 6.07) is 11.3. The number of benzene rings is 2. The quantitative estimate of drug-likeness (QED) is 0.381. The van der Waals surface area contributed by atoms with Gasteiger partial charge in [0.2, 0.25) is 0 Å². The zero-order chi connectivity index (χ0) is 27.6. The lowest BCUT2D eigenvalue weighted by atomic mass is 10.1. The van der Waals surface area contributed by atoms with Crippen molar-refractivity contribution in [1.29, 1.82) is 0 Å². The molecular formula is C30H34N4O5. The zero-order valence-corrected chi connectivity index (χ0v) is 22.8. The number of hydrogen-bond acceptors (Lipinski definition) is 8. The lowest BCUT2D eigenvalue weighted by Crippen LogP contribution is -2.50. The van der Waals surface area contributed by atoms with Crippen molar-refractivity contribution in [3.8, 4) is 11.5 Å². The van der Waals surface area contributed by atoms with Gasteiger partial charge in [0.25, 0.3) is 0 Å². The van der Waals surface area contributed by atoms with Crippen LogP contribution in [0.25, 0.3) is 28.8 Å². The molecule has 0 unspecified atom stereocenters. The molecule has 0 aliphatic carbocycles. The van der Waals surface area contributed by atoms with E-state index < -0.39 is 5.60 Å². The third-order valence-corrected chi connectivity index (χ3v) is 6.71. The molecule has 3 aromatic rings. The highest BCUT2D eigenvalue weighted by atomic mass is 16.6. The summed E-state index contributed by atoms with van der Waals surface area (Å²) < 4.78 is 17.2. The molecule has 1 fully saturated rings. The van der Waals surface area contributed by atoms with Crippen molar-refractivity contribution in [3.63, 3.8) is 0 Å². The van der Waals surface area contributed by atoms with Crippen LogP contribution < -0.4 is 4.74 Å². The predicted octanol–water partition coefficient (Wildman–Crippen LogP) is 6.70. The number of nitrogens with zero attached hydrogens (tertiary/aromatic N) is 4. The molecule has 2 aliphatic heterocycles. The second-order valence-electron chi connectivity index (χ2n) is 10.6. The molecule has 204 valence electrons. The van der Waals surface area contributed by atoms with Crippen LogP contribution >= 0.6 is 0 Å². The van der Waals surface area contributed by atoms with Crippen LogP contribution in [-0.2, 0) is 4.74 Å². The van der Waals surface area contributed by atoms with E-state index in [1.54, 1.807) is 24.2 Å². The molecule has 1 N–H and O–H groups in total. The van der Waals surface area contributed by atoms with E-state index in [9.17, 15) is 9.90 Å². The third kappa shape index (κ3) is 5.83. The van der Waals surface area contributed by atoms with E-state index in [1.165, 1.54) is 0 Å². The van der Waals surface area contributed by atoms with Crippen LogP contribution in [0.3, 0.4) is 0 Å². The number of methoxy groups -OCH3 is 1. The highest BCUT2D eigenvalue weighted by Crippen LogP contribution is 2.42. The number of fused-ring (bicyclic) bond motifs is 2. The van der Waals surface area contributed by atoms with E-state index in [4.69, 9.17) is 13.9 Å². The van der Waals surface area contributed by atoms with Crippen LogP contribution in [-0.4, -0.2) is 66.4 Å². The second-order valence-corrected chi connectivity index (χ2v) is 10.6. The van der Waals surface area contributed by atoms with Crippen molar-refractivity contribution >= 4 is 40.6 Å². The Morgan fingerprint density at radius 3 is 2.62 bits per heavy atom. The smallest absolute Gasteiger partial charge is 0.410 e. The Balaban J connectivity index is 1.27. The van der Waals surface area contributed by atoms with E-state index in [1.807, 2.05) is 57.2 Å². The standard InChI is InChI=1S/C30H34N4O5/c1-30(2,3)39-29(36)34-17-15-33(16-18-34)14-8-7-10-21-25(37-4)13-12-22-27(35)26(38-28(21)22)19-24-20-9-5-6-11-23(20)31-32-24/h5-7,9-13,19,35H,8,14-18H2,1-4H3. The van der Waals surface area contributed by atoms with Gasteiger partial charge in [-0.3, -0.25) is 4.90 Å². The van der Waals surface area contributed by atoms with Gasteiger partial charge in [-0.25, -0.2) is 4.79 Å². The number of furan rings is 1. The lowest BCUT2D eigenvalue weighted by Gasteiger charge is -2.35. The fourth-order valence-electron chi connectivity index (χ4n) is 4.71. The number of rotatable bonds is 6. The highest BCUT2D eigenvalue weighted by molar-refractivity contribution is 5.97. The van der Waals surface area contributed by atoms with Crippen LogP contribution in [0.4, 0.5) is 10.5 Å². The number of aromatic hydroxyl groups is 1. The van der Waals surface area contributed by atoms with Crippen molar-refractivity contribution in [1.82, 2.24) is 9.80 Å². The van der Waals surface area contributed by atoms with E-state index in [2.05, 4.69) is 21.2 Å². The average molecular weight is 531 g/mol. The first-order chi connectivity index (χ1) is 18.7. The molecule has 1 amide bonds. The maximum absolute atomic E-state index is 12.3. The summed E-state index contributed by atoms with van der Waals surface area (Å²) in [5.74, 6) is 1.03. The number of carbonyl (C=O) groups is 1. The van der Waals surface area contributed by atoms with E-state index in [0.717, 1.165) is 42.9 Å². The number of carbonyl (C=O) groups excluding carboxylic acids is 1. The van der Waals surface area contributed by atoms with E-state index in [0.29, 0.717) is 41.3 Å². The molecule has 9 nitrogen and oxygen atoms in total. The third-order valence-electron chi connectivity index (χ3n) is 6.71. The molecule has 5 rings (SSSR count). The highest BCUT2D eigenvalue weighted by Gasteiger charge is 2.25. The Bertz CT molecular complexity index is 1460. The first-order valence-corrected chi connectivity index (χ1v) is 13.2. The van der Waals surface area contributed by atoms with Gasteiger partial charge in [-0.1, -0.05) is 30.4 Å². The first-order valence-electron chi connectivity index (χ1n) is 13.2. The van der Waals surface area contributed by atoms with Crippen LogP contribution in [0.15, 0.2) is 57.1 Å². The summed E-state index contributed by atoms with van der Waals surface area (Å²) in [4.78, 5) is 16.4. The molecule has 0 atom stereocenters. The van der Waals surface area contributed by atoms with Crippen molar-refractivity contribution in [2.75, 3.05) is 39.8 Å². The van der Waals surface area contributed by atoms with Crippen molar-refractivity contribution in [2.45, 2.75) is 32.8 Å².